The molecule has 0 aromatic heterocycles. The van der Waals surface area contributed by atoms with Gasteiger partial charge in [0.2, 0.25) is 76.8 Å². The highest BCUT2D eigenvalue weighted by Gasteiger charge is 2.42. The lowest BCUT2D eigenvalue weighted by Gasteiger charge is -2.31. The molecule has 0 bridgehead atoms. The van der Waals surface area contributed by atoms with Crippen LogP contribution >= 0.6 is 0 Å². The average Bonchev–Trinajstić information content (AvgIpc) is 1.76. The summed E-state index contributed by atoms with van der Waals surface area (Å²) in [4.78, 5) is 208. The zero-order chi connectivity index (χ0) is 78.4. The topological polar surface area (TPSA) is 498 Å². The first-order valence-corrected chi connectivity index (χ1v) is 35.7. The van der Waals surface area contributed by atoms with Crippen molar-refractivity contribution in [2.24, 2.45) is 46.8 Å². The predicted octanol–water partition coefficient (Wildman–Crippen LogP) is 0.421. The van der Waals surface area contributed by atoms with Crippen LogP contribution in [0.1, 0.15) is 150 Å². The molecule has 13 amide bonds. The van der Waals surface area contributed by atoms with Crippen molar-refractivity contribution in [2.75, 3.05) is 6.54 Å². The maximum atomic E-state index is 14.9. The van der Waals surface area contributed by atoms with Crippen molar-refractivity contribution in [3.8, 4) is 0 Å². The van der Waals surface area contributed by atoms with Crippen LogP contribution in [-0.4, -0.2) is 183 Å². The summed E-state index contributed by atoms with van der Waals surface area (Å²) in [7, 11) is 0. The van der Waals surface area contributed by atoms with Crippen molar-refractivity contribution >= 4 is 88.7 Å². The van der Waals surface area contributed by atoms with Crippen LogP contribution in [0, 0.1) is 29.6 Å². The minimum absolute atomic E-state index is 0.0193. The predicted molar refractivity (Wildman–Crippen MR) is 387 cm³/mol. The van der Waals surface area contributed by atoms with E-state index in [1.54, 1.807) is 146 Å². The van der Waals surface area contributed by atoms with Gasteiger partial charge in [-0.15, -0.1) is 0 Å². The van der Waals surface area contributed by atoms with Gasteiger partial charge < -0.3 is 85.5 Å². The second-order valence-electron chi connectivity index (χ2n) is 28.5. The van der Waals surface area contributed by atoms with Gasteiger partial charge in [-0.05, 0) is 91.2 Å². The summed E-state index contributed by atoms with van der Waals surface area (Å²) < 4.78 is 0. The van der Waals surface area contributed by atoms with E-state index < -0.39 is 212 Å². The fraction of sp³-hybridized carbons (Fsp3) is 0.554. The number of rotatable bonds is 44. The van der Waals surface area contributed by atoms with Crippen LogP contribution < -0.4 is 70.4 Å². The van der Waals surface area contributed by atoms with Crippen LogP contribution in [0.4, 0.5) is 0 Å². The molecule has 18 N–H and O–H groups in total. The van der Waals surface area contributed by atoms with E-state index in [9.17, 15) is 82.1 Å². The van der Waals surface area contributed by atoms with E-state index in [4.69, 9.17) is 17.2 Å². The van der Waals surface area contributed by atoms with E-state index >= 15 is 0 Å². The molecule has 31 nitrogen and oxygen atoms in total. The Morgan fingerprint density at radius 3 is 1.14 bits per heavy atom. The molecule has 0 saturated carbocycles. The molecule has 12 atom stereocenters. The number of carboxylic acid groups (broad SMARTS) is 2. The normalized spacial score (nSPS) is 15.9. The van der Waals surface area contributed by atoms with Gasteiger partial charge in [-0.25, -0.2) is 4.79 Å². The van der Waals surface area contributed by atoms with E-state index in [-0.39, 0.29) is 69.2 Å². The van der Waals surface area contributed by atoms with Gasteiger partial charge in [-0.3, -0.25) is 67.1 Å². The molecule has 1 heterocycles. The molecule has 1 aliphatic heterocycles. The minimum atomic E-state index is -1.69. The third-order valence-corrected chi connectivity index (χ3v) is 17.6. The average molecular weight is 1470 g/mol. The minimum Gasteiger partial charge on any atom is -0.481 e. The first kappa shape index (κ1) is 87.1. The Bertz CT molecular complexity index is 3470. The largest absolute Gasteiger partial charge is 0.481 e. The maximum absolute atomic E-state index is 14.9. The van der Waals surface area contributed by atoms with Gasteiger partial charge in [-0.1, -0.05) is 160 Å². The second-order valence-corrected chi connectivity index (χ2v) is 28.5. The summed E-state index contributed by atoms with van der Waals surface area (Å²) in [6.07, 6.45) is -2.94. The molecule has 1 aliphatic rings. The number of nitrogens with two attached hydrogens (primary N) is 3. The monoisotopic (exact) mass is 1460 g/mol. The SMILES string of the molecule is CC(C)C[C@H](NC(=O)[C@@H](NC(=O)[C@H](Cc1ccccc1)NC(=O)[C@H](CC(C)C)NC(=O)[C@H](Cc1ccccc1)NC(=O)[C@@H]1CCCN1C(=O)[C@H](CCC(N)=O)NC(=O)[C@H](CCC(N)=O)NC(=O)[C@@H](NC(=O)[C@H](CCC(=O)O)NC(=O)[C@H](Cc1ccccc1)NC(=O)[C@@H](N)C(C)C)C(C)C)C(C)C)C(=O)O. The third-order valence-electron chi connectivity index (χ3n) is 17.6. The molecule has 31 heteroatoms. The smallest absolute Gasteiger partial charge is 0.326 e. The van der Waals surface area contributed by atoms with Crippen molar-refractivity contribution < 1.29 is 82.1 Å². The highest BCUT2D eigenvalue weighted by atomic mass is 16.4. The Hall–Kier alpha value is -10.3. The molecule has 1 fully saturated rings. The van der Waals surface area contributed by atoms with Crippen LogP contribution in [-0.2, 0) is 91.2 Å². The number of carboxylic acids is 2. The molecule has 3 aromatic rings. The number of likely N-dealkylation sites (tertiary alicyclic amines) is 1. The first-order valence-electron chi connectivity index (χ1n) is 35.7. The molecule has 3 aromatic carbocycles. The molecule has 0 unspecified atom stereocenters. The second kappa shape index (κ2) is 43.1. The Morgan fingerprint density at radius 2 is 0.733 bits per heavy atom. The van der Waals surface area contributed by atoms with Gasteiger partial charge in [0, 0.05) is 45.1 Å². The summed E-state index contributed by atoms with van der Waals surface area (Å²) in [5.41, 5.74) is 19.0. The van der Waals surface area contributed by atoms with Gasteiger partial charge in [0.25, 0.3) is 0 Å². The Labute approximate surface area is 612 Å². The summed E-state index contributed by atoms with van der Waals surface area (Å²) in [6.45, 7) is 16.9. The van der Waals surface area contributed by atoms with E-state index in [2.05, 4.69) is 53.2 Å². The molecule has 1 saturated heterocycles. The number of amides is 13. The first-order chi connectivity index (χ1) is 49.5. The van der Waals surface area contributed by atoms with Gasteiger partial charge >= 0.3 is 11.9 Å². The van der Waals surface area contributed by atoms with Crippen LogP contribution in [0.15, 0.2) is 91.0 Å². The van der Waals surface area contributed by atoms with Crippen molar-refractivity contribution in [1.29, 1.82) is 0 Å². The number of carbonyl (C=O) groups is 15. The summed E-state index contributed by atoms with van der Waals surface area (Å²) in [5.74, 6) is -16.0. The quantitative estimate of drug-likeness (QED) is 0.0365. The highest BCUT2D eigenvalue weighted by molar-refractivity contribution is 6.00. The van der Waals surface area contributed by atoms with E-state index in [1.807, 2.05) is 0 Å². The standard InChI is InChI=1S/C74H108N14O17/c1-40(2)35-51(65(95)82-54(39-47-25-18-13-19-26-47)68(98)87-62(44(9)10)72(102)85-55(74(104)105)36-41(3)4)81-67(97)52(37-45-21-14-11-15-22-45)83-69(99)56-27-20-34-88(56)73(103)50(29-32-58(76)90)80-63(93)48(28-31-57(75)89)79-71(101)61(43(7)8)86-64(94)49(30-33-59(91)92)78-66(96)53(38-46-23-16-12-17-24-46)84-70(100)60(77)42(5)6/h11-19,21-26,40-44,48-56,60-62H,20,27-39,77H2,1-10H3,(H2,75,89)(H2,76,90)(H,78,96)(H,79,101)(H,80,93)(H,81,97)(H,82,95)(H,83,99)(H,84,100)(H,85,102)(H,86,94)(H,87,98)(H,91,92)(H,104,105)/t48-,49-,50-,51-,52-,53-,54-,55-,56-,60-,61-,62-/m0/s1. The van der Waals surface area contributed by atoms with E-state index in [0.29, 0.717) is 16.7 Å². The molecule has 105 heavy (non-hydrogen) atoms. The summed E-state index contributed by atoms with van der Waals surface area (Å²) in [6, 6.07) is 9.03. The maximum Gasteiger partial charge on any atom is 0.326 e. The van der Waals surface area contributed by atoms with Crippen molar-refractivity contribution in [2.45, 2.75) is 225 Å². The van der Waals surface area contributed by atoms with Gasteiger partial charge in [0.05, 0.1) is 6.04 Å². The number of hydrogen-bond donors (Lipinski definition) is 15. The van der Waals surface area contributed by atoms with Crippen molar-refractivity contribution in [3.63, 3.8) is 0 Å². The molecule has 4 rings (SSSR count). The molecular weight excluding hydrogens is 1360 g/mol. The zero-order valence-electron chi connectivity index (χ0n) is 61.6. The molecule has 0 aliphatic carbocycles. The third kappa shape index (κ3) is 29.7. The lowest BCUT2D eigenvalue weighted by atomic mass is 9.98. The summed E-state index contributed by atoms with van der Waals surface area (Å²) in [5, 5.41) is 45.9. The zero-order valence-corrected chi connectivity index (χ0v) is 61.6. The Balaban J connectivity index is 1.62. The lowest BCUT2D eigenvalue weighted by Crippen LogP contribution is -2.61. The highest BCUT2D eigenvalue weighted by Crippen LogP contribution is 2.22. The van der Waals surface area contributed by atoms with Gasteiger partial charge in [0.1, 0.15) is 66.5 Å². The van der Waals surface area contributed by atoms with Gasteiger partial charge in [-0.2, -0.15) is 0 Å². The Kier molecular flexibility index (Phi) is 35.7. The van der Waals surface area contributed by atoms with Crippen molar-refractivity contribution in [3.05, 3.63) is 108 Å². The fourth-order valence-corrected chi connectivity index (χ4v) is 11.7. The van der Waals surface area contributed by atoms with Crippen LogP contribution in [0.25, 0.3) is 0 Å². The van der Waals surface area contributed by atoms with Crippen LogP contribution in [0.2, 0.25) is 0 Å². The van der Waals surface area contributed by atoms with E-state index in [1.165, 1.54) is 13.8 Å². The number of hydrogen-bond acceptors (Lipinski definition) is 16. The van der Waals surface area contributed by atoms with Crippen molar-refractivity contribution in [1.82, 2.24) is 58.1 Å². The van der Waals surface area contributed by atoms with Gasteiger partial charge in [0.15, 0.2) is 0 Å². The number of aliphatic carboxylic acids is 2. The number of nitrogens with zero attached hydrogens (tertiary/aromatic N) is 1. The molecule has 0 spiro atoms. The Morgan fingerprint density at radius 1 is 0.400 bits per heavy atom. The summed E-state index contributed by atoms with van der Waals surface area (Å²) >= 11 is 0. The molecular formula is C74H108N14O17. The number of primary amides is 2. The molecule has 576 valence electrons. The molecule has 0 radical (unpaired) electrons. The number of carbonyl (C=O) groups excluding carboxylic acids is 13. The van der Waals surface area contributed by atoms with Crippen LogP contribution in [0.5, 0.6) is 0 Å². The van der Waals surface area contributed by atoms with E-state index in [0.717, 1.165) is 4.90 Å². The van der Waals surface area contributed by atoms with Crippen LogP contribution in [0.3, 0.4) is 0 Å². The lowest BCUT2D eigenvalue weighted by molar-refractivity contribution is -0.143. The fourth-order valence-electron chi connectivity index (χ4n) is 11.7. The number of nitrogens with one attached hydrogen (secondary N) is 10. The number of benzene rings is 3.